The van der Waals surface area contributed by atoms with Crippen molar-refractivity contribution < 1.29 is 28.3 Å². The van der Waals surface area contributed by atoms with E-state index in [1.165, 1.54) is 20.3 Å². The van der Waals surface area contributed by atoms with E-state index in [1.54, 1.807) is 0 Å². The van der Waals surface area contributed by atoms with Crippen molar-refractivity contribution in [3.05, 3.63) is 28.2 Å². The van der Waals surface area contributed by atoms with Crippen LogP contribution in [0.3, 0.4) is 0 Å². The van der Waals surface area contributed by atoms with E-state index in [9.17, 15) is 9.18 Å². The van der Waals surface area contributed by atoms with Crippen molar-refractivity contribution in [2.75, 3.05) is 14.2 Å². The molecular weight excluding hydrogens is 337 g/mol. The highest BCUT2D eigenvalue weighted by molar-refractivity contribution is 9.10. The summed E-state index contributed by atoms with van der Waals surface area (Å²) >= 11 is 3.15. The number of nitrogens with zero attached hydrogens (tertiary/aromatic N) is 1. The van der Waals surface area contributed by atoms with Crippen LogP contribution < -0.4 is 9.47 Å². The number of carboxylic acid groups (broad SMARTS) is 1. The second kappa shape index (κ2) is 5.49. The van der Waals surface area contributed by atoms with Gasteiger partial charge in [-0.05, 0) is 22.0 Å². The van der Waals surface area contributed by atoms with Gasteiger partial charge in [0, 0.05) is 6.07 Å². The summed E-state index contributed by atoms with van der Waals surface area (Å²) in [4.78, 5) is 10.8. The highest BCUT2D eigenvalue weighted by Crippen LogP contribution is 2.44. The van der Waals surface area contributed by atoms with E-state index in [-0.39, 0.29) is 22.8 Å². The Bertz CT molecular complexity index is 670. The van der Waals surface area contributed by atoms with Crippen LogP contribution in [0.5, 0.6) is 11.5 Å². The standard InChI is InChI=1S/C12H9BrFNO5/c1-18-10-5(13)3-6(14)9(11(10)19-2)7-4-8(12(16)17)20-15-7/h3-4H,1-2H3,(H,16,17). The maximum absolute atomic E-state index is 14.1. The Kier molecular flexibility index (Phi) is 3.93. The van der Waals surface area contributed by atoms with E-state index in [0.29, 0.717) is 4.47 Å². The third-order valence-electron chi connectivity index (χ3n) is 2.53. The molecule has 20 heavy (non-hydrogen) atoms. The van der Waals surface area contributed by atoms with Crippen LogP contribution in [0, 0.1) is 5.82 Å². The minimum Gasteiger partial charge on any atom is -0.492 e. The van der Waals surface area contributed by atoms with Gasteiger partial charge in [-0.3, -0.25) is 0 Å². The summed E-state index contributed by atoms with van der Waals surface area (Å²) in [6.07, 6.45) is 0. The Morgan fingerprint density at radius 2 is 2.00 bits per heavy atom. The molecule has 8 heteroatoms. The number of ether oxygens (including phenoxy) is 2. The summed E-state index contributed by atoms with van der Waals surface area (Å²) in [7, 11) is 2.74. The first-order valence-electron chi connectivity index (χ1n) is 5.30. The van der Waals surface area contributed by atoms with Gasteiger partial charge in [0.05, 0.1) is 24.3 Å². The number of rotatable bonds is 4. The molecule has 1 aromatic carbocycles. The summed E-state index contributed by atoms with van der Waals surface area (Å²) < 4.78 is 29.3. The second-order valence-corrected chi connectivity index (χ2v) is 4.52. The Hall–Kier alpha value is -2.09. The Labute approximate surface area is 121 Å². The lowest BCUT2D eigenvalue weighted by Gasteiger charge is -2.13. The van der Waals surface area contributed by atoms with E-state index in [0.717, 1.165) is 6.07 Å². The molecule has 2 aromatic rings. The molecule has 1 N–H and O–H groups in total. The van der Waals surface area contributed by atoms with Gasteiger partial charge < -0.3 is 19.1 Å². The fourth-order valence-corrected chi connectivity index (χ4v) is 2.24. The van der Waals surface area contributed by atoms with Gasteiger partial charge in [0.15, 0.2) is 11.5 Å². The predicted octanol–water partition coefficient (Wildman–Crippen LogP) is 2.96. The van der Waals surface area contributed by atoms with Crippen LogP contribution in [0.2, 0.25) is 0 Å². The molecule has 0 atom stereocenters. The summed E-state index contributed by atoms with van der Waals surface area (Å²) in [5, 5.41) is 12.3. The number of carbonyl (C=O) groups is 1. The number of hydrogen-bond acceptors (Lipinski definition) is 5. The average molecular weight is 346 g/mol. The molecule has 106 valence electrons. The van der Waals surface area contributed by atoms with Gasteiger partial charge in [-0.15, -0.1) is 0 Å². The molecule has 0 radical (unpaired) electrons. The van der Waals surface area contributed by atoms with Crippen LogP contribution in [-0.4, -0.2) is 30.5 Å². The number of hydrogen-bond donors (Lipinski definition) is 1. The maximum Gasteiger partial charge on any atom is 0.374 e. The van der Waals surface area contributed by atoms with E-state index >= 15 is 0 Å². The number of halogens is 2. The molecule has 1 aromatic heterocycles. The highest BCUT2D eigenvalue weighted by atomic mass is 79.9. The fraction of sp³-hybridized carbons (Fsp3) is 0.167. The predicted molar refractivity (Wildman–Crippen MR) is 69.7 cm³/mol. The quantitative estimate of drug-likeness (QED) is 0.917. The molecule has 0 saturated heterocycles. The monoisotopic (exact) mass is 345 g/mol. The van der Waals surface area contributed by atoms with E-state index < -0.39 is 17.5 Å². The van der Waals surface area contributed by atoms with Crippen LogP contribution >= 0.6 is 15.9 Å². The van der Waals surface area contributed by atoms with Crippen molar-refractivity contribution in [3.8, 4) is 22.8 Å². The van der Waals surface area contributed by atoms with Crippen molar-refractivity contribution in [2.24, 2.45) is 0 Å². The van der Waals surface area contributed by atoms with Gasteiger partial charge in [0.25, 0.3) is 0 Å². The van der Waals surface area contributed by atoms with Crippen molar-refractivity contribution in [1.82, 2.24) is 5.16 Å². The van der Waals surface area contributed by atoms with Crippen molar-refractivity contribution in [1.29, 1.82) is 0 Å². The normalized spacial score (nSPS) is 10.4. The number of aromatic carboxylic acids is 1. The van der Waals surface area contributed by atoms with Gasteiger partial charge in [0.1, 0.15) is 11.5 Å². The van der Waals surface area contributed by atoms with Gasteiger partial charge in [-0.1, -0.05) is 5.16 Å². The van der Waals surface area contributed by atoms with Crippen molar-refractivity contribution in [3.63, 3.8) is 0 Å². The minimum absolute atomic E-state index is 0.00236. The first-order chi connectivity index (χ1) is 9.49. The van der Waals surface area contributed by atoms with Crippen LogP contribution in [0.4, 0.5) is 4.39 Å². The zero-order valence-corrected chi connectivity index (χ0v) is 12.0. The first kappa shape index (κ1) is 14.3. The first-order valence-corrected chi connectivity index (χ1v) is 6.09. The second-order valence-electron chi connectivity index (χ2n) is 3.66. The summed E-state index contributed by atoms with van der Waals surface area (Å²) in [5.41, 5.74) is -0.0358. The number of carboxylic acids is 1. The zero-order chi connectivity index (χ0) is 14.9. The fourth-order valence-electron chi connectivity index (χ4n) is 1.70. The SMILES string of the molecule is COc1c(Br)cc(F)c(-c2cc(C(=O)O)on2)c1OC. The van der Waals surface area contributed by atoms with Crippen molar-refractivity contribution >= 4 is 21.9 Å². The molecule has 0 amide bonds. The Morgan fingerprint density at radius 3 is 2.50 bits per heavy atom. The third-order valence-corrected chi connectivity index (χ3v) is 3.12. The van der Waals surface area contributed by atoms with Crippen LogP contribution in [0.1, 0.15) is 10.6 Å². The molecule has 0 aliphatic carbocycles. The molecule has 0 fully saturated rings. The molecule has 2 rings (SSSR count). The molecule has 0 aliphatic heterocycles. The molecule has 0 bridgehead atoms. The molecule has 0 spiro atoms. The maximum atomic E-state index is 14.1. The summed E-state index contributed by atoms with van der Waals surface area (Å²) in [6, 6.07) is 2.28. The molecule has 0 saturated carbocycles. The topological polar surface area (TPSA) is 81.8 Å². The van der Waals surface area contributed by atoms with Gasteiger partial charge in [0.2, 0.25) is 5.76 Å². The molecule has 0 unspecified atom stereocenters. The largest absolute Gasteiger partial charge is 0.492 e. The Morgan fingerprint density at radius 1 is 1.35 bits per heavy atom. The van der Waals surface area contributed by atoms with Crippen LogP contribution in [0.15, 0.2) is 21.1 Å². The zero-order valence-electron chi connectivity index (χ0n) is 10.4. The lowest BCUT2D eigenvalue weighted by atomic mass is 10.1. The number of benzene rings is 1. The van der Waals surface area contributed by atoms with Gasteiger partial charge >= 0.3 is 5.97 Å². The Balaban J connectivity index is 2.68. The van der Waals surface area contributed by atoms with Gasteiger partial charge in [-0.25, -0.2) is 9.18 Å². The van der Waals surface area contributed by atoms with E-state index in [1.807, 2.05) is 0 Å². The smallest absolute Gasteiger partial charge is 0.374 e. The number of methoxy groups -OCH3 is 2. The highest BCUT2D eigenvalue weighted by Gasteiger charge is 2.24. The van der Waals surface area contributed by atoms with E-state index in [2.05, 4.69) is 25.6 Å². The minimum atomic E-state index is -1.30. The lowest BCUT2D eigenvalue weighted by molar-refractivity contribution is 0.0652. The van der Waals surface area contributed by atoms with Crippen LogP contribution in [0.25, 0.3) is 11.3 Å². The van der Waals surface area contributed by atoms with E-state index in [4.69, 9.17) is 14.6 Å². The molecular formula is C12H9BrFNO5. The molecule has 0 aliphatic rings. The average Bonchev–Trinajstić information content (AvgIpc) is 2.87. The molecule has 6 nitrogen and oxygen atoms in total. The summed E-state index contributed by atoms with van der Waals surface area (Å²) in [6.45, 7) is 0. The molecule has 1 heterocycles. The van der Waals surface area contributed by atoms with Crippen molar-refractivity contribution in [2.45, 2.75) is 0 Å². The lowest BCUT2D eigenvalue weighted by Crippen LogP contribution is -1.97. The van der Waals surface area contributed by atoms with Gasteiger partial charge in [-0.2, -0.15) is 0 Å². The van der Waals surface area contributed by atoms with Crippen LogP contribution in [-0.2, 0) is 0 Å². The summed E-state index contributed by atoms with van der Waals surface area (Å²) in [5.74, 6) is -2.00. The number of aromatic nitrogens is 1. The third kappa shape index (κ3) is 2.34.